The molecular formula is C16H18N4O2. The summed E-state index contributed by atoms with van der Waals surface area (Å²) in [6.07, 6.45) is 4.16. The van der Waals surface area contributed by atoms with Crippen molar-refractivity contribution >= 4 is 17.5 Å². The molecule has 2 heterocycles. The summed E-state index contributed by atoms with van der Waals surface area (Å²) in [7, 11) is 0. The van der Waals surface area contributed by atoms with Gasteiger partial charge in [-0.2, -0.15) is 0 Å². The van der Waals surface area contributed by atoms with E-state index in [1.165, 1.54) is 0 Å². The number of rotatable bonds is 1. The lowest BCUT2D eigenvalue weighted by Crippen LogP contribution is -2.22. The van der Waals surface area contributed by atoms with Crippen LogP contribution in [-0.2, 0) is 9.59 Å². The summed E-state index contributed by atoms with van der Waals surface area (Å²) in [6.45, 7) is 0. The Morgan fingerprint density at radius 3 is 2.91 bits per heavy atom. The molecule has 6 heteroatoms. The SMILES string of the molecule is NC(=O)[C@H]1CCCCC(=O)Nc2ccccc2-c2cnc1[nH]2. The van der Waals surface area contributed by atoms with E-state index in [0.29, 0.717) is 25.1 Å². The molecule has 0 saturated heterocycles. The highest BCUT2D eigenvalue weighted by Crippen LogP contribution is 2.29. The number of benzene rings is 1. The fourth-order valence-electron chi connectivity index (χ4n) is 2.74. The Bertz CT molecular complexity index is 708. The molecule has 2 amide bonds. The summed E-state index contributed by atoms with van der Waals surface area (Å²) in [4.78, 5) is 31.2. The first kappa shape index (κ1) is 14.3. The van der Waals surface area contributed by atoms with Crippen LogP contribution < -0.4 is 11.1 Å². The Labute approximate surface area is 128 Å². The van der Waals surface area contributed by atoms with Gasteiger partial charge in [-0.3, -0.25) is 9.59 Å². The van der Waals surface area contributed by atoms with E-state index in [-0.39, 0.29) is 5.91 Å². The van der Waals surface area contributed by atoms with E-state index in [1.54, 1.807) is 6.20 Å². The zero-order valence-corrected chi connectivity index (χ0v) is 12.1. The van der Waals surface area contributed by atoms with Crippen LogP contribution in [0.4, 0.5) is 5.69 Å². The minimum atomic E-state index is -0.441. The number of carbonyl (C=O) groups excluding carboxylic acids is 2. The van der Waals surface area contributed by atoms with Crippen molar-refractivity contribution in [3.05, 3.63) is 36.3 Å². The highest BCUT2D eigenvalue weighted by Gasteiger charge is 2.22. The van der Waals surface area contributed by atoms with Crippen LogP contribution in [0.2, 0.25) is 0 Å². The number of nitrogens with two attached hydrogens (primary N) is 1. The van der Waals surface area contributed by atoms with E-state index in [9.17, 15) is 9.59 Å². The van der Waals surface area contributed by atoms with Gasteiger partial charge in [0.25, 0.3) is 0 Å². The third-order valence-electron chi connectivity index (χ3n) is 3.91. The summed E-state index contributed by atoms with van der Waals surface area (Å²) in [5, 5.41) is 2.93. The van der Waals surface area contributed by atoms with Crippen molar-refractivity contribution in [2.45, 2.75) is 31.6 Å². The molecule has 0 aliphatic carbocycles. The number of nitrogens with zero attached hydrogens (tertiary/aromatic N) is 1. The number of aromatic amines is 1. The maximum atomic E-state index is 12.0. The number of hydrogen-bond acceptors (Lipinski definition) is 3. The van der Waals surface area contributed by atoms with Crippen LogP contribution in [0, 0.1) is 0 Å². The van der Waals surface area contributed by atoms with Gasteiger partial charge in [-0.05, 0) is 18.9 Å². The van der Waals surface area contributed by atoms with Crippen molar-refractivity contribution in [2.24, 2.45) is 5.73 Å². The fraction of sp³-hybridized carbons (Fsp3) is 0.312. The number of anilines is 1. The topological polar surface area (TPSA) is 101 Å². The Kier molecular flexibility index (Phi) is 3.91. The number of hydrogen-bond donors (Lipinski definition) is 3. The highest BCUT2D eigenvalue weighted by atomic mass is 16.2. The quantitative estimate of drug-likeness (QED) is 0.752. The van der Waals surface area contributed by atoms with Crippen LogP contribution in [0.3, 0.4) is 0 Å². The minimum absolute atomic E-state index is 0.0246. The van der Waals surface area contributed by atoms with E-state index >= 15 is 0 Å². The van der Waals surface area contributed by atoms with Crippen molar-refractivity contribution in [1.29, 1.82) is 0 Å². The van der Waals surface area contributed by atoms with Gasteiger partial charge in [0.15, 0.2) is 0 Å². The highest BCUT2D eigenvalue weighted by molar-refractivity contribution is 5.95. The molecule has 1 aromatic heterocycles. The average molecular weight is 298 g/mol. The van der Waals surface area contributed by atoms with Gasteiger partial charge in [-0.1, -0.05) is 24.6 Å². The number of nitrogens with one attached hydrogen (secondary N) is 2. The molecule has 22 heavy (non-hydrogen) atoms. The second-order valence-corrected chi connectivity index (χ2v) is 5.48. The van der Waals surface area contributed by atoms with Gasteiger partial charge in [-0.15, -0.1) is 0 Å². The molecule has 1 aliphatic rings. The van der Waals surface area contributed by atoms with Crippen molar-refractivity contribution < 1.29 is 9.59 Å². The summed E-state index contributed by atoms with van der Waals surface area (Å²) in [5.74, 6) is -0.272. The van der Waals surface area contributed by atoms with Crippen molar-refractivity contribution in [1.82, 2.24) is 9.97 Å². The Morgan fingerprint density at radius 1 is 1.27 bits per heavy atom. The lowest BCUT2D eigenvalue weighted by atomic mass is 9.99. The predicted molar refractivity (Wildman–Crippen MR) is 83.1 cm³/mol. The monoisotopic (exact) mass is 298 g/mol. The maximum absolute atomic E-state index is 12.0. The summed E-state index contributed by atoms with van der Waals surface area (Å²) < 4.78 is 0. The normalized spacial score (nSPS) is 18.5. The first-order valence-electron chi connectivity index (χ1n) is 7.38. The number of carbonyl (C=O) groups is 2. The molecule has 114 valence electrons. The second-order valence-electron chi connectivity index (χ2n) is 5.48. The molecular weight excluding hydrogens is 280 g/mol. The van der Waals surface area contributed by atoms with E-state index in [2.05, 4.69) is 15.3 Å². The third kappa shape index (κ3) is 2.86. The van der Waals surface area contributed by atoms with Crippen LogP contribution in [0.25, 0.3) is 11.3 Å². The molecule has 3 rings (SSSR count). The summed E-state index contributed by atoms with van der Waals surface area (Å²) in [6, 6.07) is 7.51. The molecule has 2 bridgehead atoms. The Morgan fingerprint density at radius 2 is 2.09 bits per heavy atom. The lowest BCUT2D eigenvalue weighted by Gasteiger charge is -2.13. The van der Waals surface area contributed by atoms with Gasteiger partial charge in [0.2, 0.25) is 11.8 Å². The van der Waals surface area contributed by atoms with Crippen LogP contribution in [0.1, 0.15) is 37.4 Å². The summed E-state index contributed by atoms with van der Waals surface area (Å²) >= 11 is 0. The second kappa shape index (κ2) is 6.01. The first-order valence-corrected chi connectivity index (χ1v) is 7.38. The Balaban J connectivity index is 2.05. The van der Waals surface area contributed by atoms with E-state index in [4.69, 9.17) is 5.73 Å². The van der Waals surface area contributed by atoms with Gasteiger partial charge >= 0.3 is 0 Å². The number of amides is 2. The molecule has 1 aromatic carbocycles. The largest absolute Gasteiger partial charge is 0.369 e. The van der Waals surface area contributed by atoms with Crippen LogP contribution in [-0.4, -0.2) is 21.8 Å². The van der Waals surface area contributed by atoms with E-state index < -0.39 is 11.8 Å². The van der Waals surface area contributed by atoms with Crippen LogP contribution in [0.15, 0.2) is 30.5 Å². The number of aromatic nitrogens is 2. The number of H-pyrrole nitrogens is 1. The van der Waals surface area contributed by atoms with Gasteiger partial charge in [0.05, 0.1) is 23.5 Å². The molecule has 0 spiro atoms. The fourth-order valence-corrected chi connectivity index (χ4v) is 2.74. The molecule has 0 radical (unpaired) electrons. The molecule has 4 N–H and O–H groups in total. The average Bonchev–Trinajstić information content (AvgIpc) is 2.95. The number of fused-ring (bicyclic) bond motifs is 4. The van der Waals surface area contributed by atoms with Crippen LogP contribution in [0.5, 0.6) is 0 Å². The Hall–Kier alpha value is -2.63. The third-order valence-corrected chi connectivity index (χ3v) is 3.91. The van der Waals surface area contributed by atoms with Crippen molar-refractivity contribution in [3.63, 3.8) is 0 Å². The molecule has 6 nitrogen and oxygen atoms in total. The molecule has 1 aliphatic heterocycles. The van der Waals surface area contributed by atoms with E-state index in [0.717, 1.165) is 23.4 Å². The van der Waals surface area contributed by atoms with Crippen molar-refractivity contribution in [3.8, 4) is 11.3 Å². The molecule has 0 saturated carbocycles. The first-order chi connectivity index (χ1) is 10.6. The zero-order valence-electron chi connectivity index (χ0n) is 12.1. The predicted octanol–water partition coefficient (Wildman–Crippen LogP) is 2.16. The molecule has 0 unspecified atom stereocenters. The van der Waals surface area contributed by atoms with Gasteiger partial charge in [-0.25, -0.2) is 4.98 Å². The maximum Gasteiger partial charge on any atom is 0.228 e. The lowest BCUT2D eigenvalue weighted by molar-refractivity contribution is -0.119. The minimum Gasteiger partial charge on any atom is -0.369 e. The zero-order chi connectivity index (χ0) is 15.5. The van der Waals surface area contributed by atoms with Gasteiger partial charge in [0, 0.05) is 12.0 Å². The molecule has 2 aromatic rings. The van der Waals surface area contributed by atoms with Gasteiger partial charge < -0.3 is 16.0 Å². The number of imidazole rings is 1. The van der Waals surface area contributed by atoms with Crippen molar-refractivity contribution in [2.75, 3.05) is 5.32 Å². The van der Waals surface area contributed by atoms with E-state index in [1.807, 2.05) is 24.3 Å². The number of para-hydroxylation sites is 1. The standard InChI is InChI=1S/C16H18N4O2/c17-15(22)11-6-2-4-8-14(21)19-12-7-3-1-5-10(12)13-9-18-16(11)20-13/h1,3,5,7,9,11H,2,4,6,8H2,(H2,17,22)(H,18,20)(H,19,21)/t11-/m1/s1. The molecule has 1 atom stereocenters. The van der Waals surface area contributed by atoms with Crippen LogP contribution >= 0.6 is 0 Å². The summed E-state index contributed by atoms with van der Waals surface area (Å²) in [5.41, 5.74) is 7.83. The number of primary amides is 1. The smallest absolute Gasteiger partial charge is 0.228 e. The van der Waals surface area contributed by atoms with Gasteiger partial charge in [0.1, 0.15) is 5.82 Å². The molecule has 0 fully saturated rings.